The molecule has 3 nitrogen and oxygen atoms in total. The Morgan fingerprint density at radius 1 is 0.818 bits per heavy atom. The third-order valence-electron chi connectivity index (χ3n) is 6.39. The zero-order valence-corrected chi connectivity index (χ0v) is 20.1. The van der Waals surface area contributed by atoms with Crippen molar-refractivity contribution >= 4 is 11.6 Å². The highest BCUT2D eigenvalue weighted by Crippen LogP contribution is 2.30. The Kier molecular flexibility index (Phi) is 8.82. The van der Waals surface area contributed by atoms with Gasteiger partial charge in [0.1, 0.15) is 12.4 Å². The van der Waals surface area contributed by atoms with Crippen LogP contribution < -0.4 is 4.74 Å². The van der Waals surface area contributed by atoms with Crippen molar-refractivity contribution in [1.29, 1.82) is 0 Å². The van der Waals surface area contributed by atoms with E-state index in [1.165, 1.54) is 16.7 Å². The molecule has 0 amide bonds. The lowest BCUT2D eigenvalue weighted by Gasteiger charge is -2.39. The summed E-state index contributed by atoms with van der Waals surface area (Å²) >= 11 is 6.15. The molecule has 3 aromatic rings. The van der Waals surface area contributed by atoms with Gasteiger partial charge < -0.3 is 4.74 Å². The van der Waals surface area contributed by atoms with E-state index in [9.17, 15) is 0 Å². The molecule has 0 saturated carbocycles. The molecule has 4 rings (SSSR count). The van der Waals surface area contributed by atoms with Crippen molar-refractivity contribution in [3.63, 3.8) is 0 Å². The molecule has 33 heavy (non-hydrogen) atoms. The Bertz CT molecular complexity index is 951. The molecule has 1 unspecified atom stereocenters. The highest BCUT2D eigenvalue weighted by Gasteiger charge is 2.26. The van der Waals surface area contributed by atoms with E-state index < -0.39 is 0 Å². The molecule has 1 aliphatic rings. The minimum absolute atomic E-state index is 0.254. The van der Waals surface area contributed by atoms with Gasteiger partial charge in [-0.05, 0) is 53.8 Å². The van der Waals surface area contributed by atoms with Gasteiger partial charge in [-0.25, -0.2) is 0 Å². The third-order valence-corrected chi connectivity index (χ3v) is 6.64. The van der Waals surface area contributed by atoms with E-state index in [2.05, 4.69) is 83.5 Å². The second-order valence-electron chi connectivity index (χ2n) is 8.69. The van der Waals surface area contributed by atoms with Crippen LogP contribution in [0.4, 0.5) is 0 Å². The summed E-state index contributed by atoms with van der Waals surface area (Å²) in [6, 6.07) is 27.9. The van der Waals surface area contributed by atoms with Gasteiger partial charge in [0.2, 0.25) is 0 Å². The summed E-state index contributed by atoms with van der Waals surface area (Å²) in [5.41, 5.74) is 3.98. The van der Waals surface area contributed by atoms with Gasteiger partial charge in [-0.3, -0.25) is 9.80 Å². The molecule has 0 aliphatic carbocycles. The van der Waals surface area contributed by atoms with Gasteiger partial charge in [0, 0.05) is 37.7 Å². The maximum absolute atomic E-state index is 6.15. The first-order valence-electron chi connectivity index (χ1n) is 12.0. The molecule has 1 aliphatic heterocycles. The quantitative estimate of drug-likeness (QED) is 0.353. The number of piperazine rings is 1. The maximum Gasteiger partial charge on any atom is 0.119 e. The topological polar surface area (TPSA) is 15.7 Å². The van der Waals surface area contributed by atoms with Crippen LogP contribution in [0.15, 0.2) is 78.9 Å². The average Bonchev–Trinajstić information content (AvgIpc) is 2.86. The van der Waals surface area contributed by atoms with E-state index in [4.69, 9.17) is 16.3 Å². The summed E-state index contributed by atoms with van der Waals surface area (Å²) in [4.78, 5) is 5.09. The van der Waals surface area contributed by atoms with Crippen LogP contribution in [0.5, 0.6) is 5.75 Å². The zero-order chi connectivity index (χ0) is 22.9. The minimum Gasteiger partial charge on any atom is -0.492 e. The lowest BCUT2D eigenvalue weighted by molar-refractivity contribution is 0.0977. The number of halogens is 1. The number of rotatable bonds is 10. The number of nitrogens with zero attached hydrogens (tertiary/aromatic N) is 2. The van der Waals surface area contributed by atoms with Gasteiger partial charge in [-0.15, -0.1) is 0 Å². The Balaban J connectivity index is 1.29. The summed E-state index contributed by atoms with van der Waals surface area (Å²) in [5, 5.41) is 0.781. The Morgan fingerprint density at radius 2 is 1.48 bits per heavy atom. The summed E-state index contributed by atoms with van der Waals surface area (Å²) in [7, 11) is 0. The van der Waals surface area contributed by atoms with Crippen molar-refractivity contribution < 1.29 is 4.74 Å². The standard InChI is InChI=1S/C29H34ClN2O/c1-2-3-7-24-10-16-28(17-11-24)33-23-22-31-18-20-32(21-19-31)29(25-8-5-4-6-9-25)26-12-14-27(30)15-13-26/h4-6,8-17,29H,1-3,7,18-23H2. The van der Waals surface area contributed by atoms with Gasteiger partial charge in [0.15, 0.2) is 0 Å². The molecule has 0 aromatic heterocycles. The predicted molar refractivity (Wildman–Crippen MR) is 138 cm³/mol. The molecule has 1 fully saturated rings. The van der Waals surface area contributed by atoms with Gasteiger partial charge in [-0.2, -0.15) is 0 Å². The SMILES string of the molecule is [CH2]CCCc1ccc(OCCN2CCN(C(c3ccccc3)c3ccc(Cl)cc3)CC2)cc1. The number of benzene rings is 3. The molecule has 0 bridgehead atoms. The molecular weight excluding hydrogens is 428 g/mol. The van der Waals surface area contributed by atoms with Crippen molar-refractivity contribution in [3.8, 4) is 5.75 Å². The minimum atomic E-state index is 0.254. The second-order valence-corrected chi connectivity index (χ2v) is 9.13. The predicted octanol–water partition coefficient (Wildman–Crippen LogP) is 6.28. The molecule has 1 atom stereocenters. The number of aryl methyl sites for hydroxylation is 1. The highest BCUT2D eigenvalue weighted by molar-refractivity contribution is 6.30. The third kappa shape index (κ3) is 6.83. The Hall–Kier alpha value is -2.33. The van der Waals surface area contributed by atoms with E-state index in [-0.39, 0.29) is 6.04 Å². The Morgan fingerprint density at radius 3 is 2.15 bits per heavy atom. The molecule has 0 spiro atoms. The molecular formula is C29H34ClN2O. The molecule has 4 heteroatoms. The highest BCUT2D eigenvalue weighted by atomic mass is 35.5. The van der Waals surface area contributed by atoms with Crippen molar-refractivity contribution in [2.24, 2.45) is 0 Å². The van der Waals surface area contributed by atoms with Crippen LogP contribution in [0.2, 0.25) is 5.02 Å². The van der Waals surface area contributed by atoms with Crippen LogP contribution >= 0.6 is 11.6 Å². The summed E-state index contributed by atoms with van der Waals surface area (Å²) in [5.74, 6) is 0.957. The zero-order valence-electron chi connectivity index (χ0n) is 19.3. The van der Waals surface area contributed by atoms with Crippen LogP contribution in [-0.4, -0.2) is 49.1 Å². The van der Waals surface area contributed by atoms with E-state index in [1.807, 2.05) is 12.1 Å². The molecule has 173 valence electrons. The molecule has 1 heterocycles. The number of unbranched alkanes of at least 4 members (excludes halogenated alkanes) is 1. The van der Waals surface area contributed by atoms with Crippen molar-refractivity contribution in [3.05, 3.63) is 107 Å². The van der Waals surface area contributed by atoms with Crippen LogP contribution in [0.1, 0.15) is 35.6 Å². The van der Waals surface area contributed by atoms with Crippen LogP contribution in [0.25, 0.3) is 0 Å². The average molecular weight is 462 g/mol. The first kappa shape index (κ1) is 23.8. The number of ether oxygens (including phenoxy) is 1. The Labute approximate surface area is 203 Å². The van der Waals surface area contributed by atoms with E-state index >= 15 is 0 Å². The molecule has 1 radical (unpaired) electrons. The number of hydrogen-bond donors (Lipinski definition) is 0. The van der Waals surface area contributed by atoms with Crippen molar-refractivity contribution in [1.82, 2.24) is 9.80 Å². The fraction of sp³-hybridized carbons (Fsp3) is 0.345. The summed E-state index contributed by atoms with van der Waals surface area (Å²) in [6.45, 7) is 9.74. The van der Waals surface area contributed by atoms with Crippen LogP contribution in [-0.2, 0) is 6.42 Å². The van der Waals surface area contributed by atoms with Gasteiger partial charge in [-0.1, -0.05) is 79.5 Å². The molecule has 1 saturated heterocycles. The number of hydrogen-bond acceptors (Lipinski definition) is 3. The first-order chi connectivity index (χ1) is 16.2. The first-order valence-corrected chi connectivity index (χ1v) is 12.4. The van der Waals surface area contributed by atoms with Gasteiger partial charge in [0.25, 0.3) is 0 Å². The van der Waals surface area contributed by atoms with Crippen molar-refractivity contribution in [2.45, 2.75) is 25.3 Å². The fourth-order valence-electron chi connectivity index (χ4n) is 4.51. The van der Waals surface area contributed by atoms with E-state index in [0.29, 0.717) is 0 Å². The van der Waals surface area contributed by atoms with Gasteiger partial charge >= 0.3 is 0 Å². The molecule has 0 N–H and O–H groups in total. The molecule has 3 aromatic carbocycles. The van der Waals surface area contributed by atoms with E-state index in [0.717, 1.165) is 69.4 Å². The monoisotopic (exact) mass is 461 g/mol. The van der Waals surface area contributed by atoms with Gasteiger partial charge in [0.05, 0.1) is 6.04 Å². The normalized spacial score (nSPS) is 15.9. The summed E-state index contributed by atoms with van der Waals surface area (Å²) in [6.07, 6.45) is 3.21. The maximum atomic E-state index is 6.15. The lowest BCUT2D eigenvalue weighted by atomic mass is 9.96. The summed E-state index contributed by atoms with van der Waals surface area (Å²) < 4.78 is 6.01. The van der Waals surface area contributed by atoms with Crippen LogP contribution in [0, 0.1) is 6.92 Å². The largest absolute Gasteiger partial charge is 0.492 e. The van der Waals surface area contributed by atoms with E-state index in [1.54, 1.807) is 0 Å². The van der Waals surface area contributed by atoms with Crippen LogP contribution in [0.3, 0.4) is 0 Å². The van der Waals surface area contributed by atoms with Crippen molar-refractivity contribution in [2.75, 3.05) is 39.3 Å². The smallest absolute Gasteiger partial charge is 0.119 e. The lowest BCUT2D eigenvalue weighted by Crippen LogP contribution is -2.48. The fourth-order valence-corrected chi connectivity index (χ4v) is 4.64. The second kappa shape index (κ2) is 12.2.